The van der Waals surface area contributed by atoms with Crippen molar-refractivity contribution in [2.45, 2.75) is 69.0 Å². The van der Waals surface area contributed by atoms with Gasteiger partial charge < -0.3 is 10.6 Å². The van der Waals surface area contributed by atoms with Gasteiger partial charge >= 0.3 is 6.18 Å². The van der Waals surface area contributed by atoms with Gasteiger partial charge in [0.2, 0.25) is 11.8 Å². The minimum atomic E-state index is -4.53. The second kappa shape index (κ2) is 9.77. The van der Waals surface area contributed by atoms with E-state index in [4.69, 9.17) is 4.63 Å². The fourth-order valence-corrected chi connectivity index (χ4v) is 5.71. The highest BCUT2D eigenvalue weighted by Gasteiger charge is 2.51. The van der Waals surface area contributed by atoms with Crippen LogP contribution in [0.3, 0.4) is 0 Å². The van der Waals surface area contributed by atoms with Crippen LogP contribution < -0.4 is 10.6 Å². The summed E-state index contributed by atoms with van der Waals surface area (Å²) in [5, 5.41) is 17.0. The molecule has 0 aromatic carbocycles. The molecule has 3 aliphatic rings. The molecule has 3 fully saturated rings. The number of nitrogens with one attached hydrogen (secondary N) is 2. The first-order chi connectivity index (χ1) is 19.0. The number of halogens is 5. The SMILES string of the molecule is O=C(N[C@H](c1cn2ncc(C[C@H]3C(=O)NC[C@@H]3C(F)(F)F)cc2n1)C1CCC(F)(F)CC1)c1nonc1C1CC1. The lowest BCUT2D eigenvalue weighted by atomic mass is 9.81. The molecule has 4 heterocycles. The van der Waals surface area contributed by atoms with Gasteiger partial charge in [-0.2, -0.15) is 18.3 Å². The Bertz CT molecular complexity index is 1420. The summed E-state index contributed by atoms with van der Waals surface area (Å²) in [6.45, 7) is -0.471. The number of rotatable bonds is 7. The molecule has 0 radical (unpaired) electrons. The van der Waals surface area contributed by atoms with E-state index in [1.165, 1.54) is 16.8 Å². The van der Waals surface area contributed by atoms with Gasteiger partial charge in [0, 0.05) is 25.3 Å². The molecule has 0 spiro atoms. The lowest BCUT2D eigenvalue weighted by Gasteiger charge is -2.33. The van der Waals surface area contributed by atoms with Crippen molar-refractivity contribution in [2.75, 3.05) is 6.54 Å². The van der Waals surface area contributed by atoms with E-state index in [9.17, 15) is 31.5 Å². The van der Waals surface area contributed by atoms with E-state index in [0.717, 1.165) is 12.8 Å². The van der Waals surface area contributed by atoms with E-state index in [2.05, 4.69) is 31.0 Å². The number of amides is 2. The highest BCUT2D eigenvalue weighted by Crippen LogP contribution is 2.43. The highest BCUT2D eigenvalue weighted by atomic mass is 19.4. The predicted octanol–water partition coefficient (Wildman–Crippen LogP) is 3.75. The molecule has 6 rings (SSSR count). The maximum Gasteiger partial charge on any atom is 0.394 e. The normalized spacial score (nSPS) is 24.3. The van der Waals surface area contributed by atoms with Crippen molar-refractivity contribution >= 4 is 17.5 Å². The van der Waals surface area contributed by atoms with Gasteiger partial charge in [0.05, 0.1) is 36.0 Å². The zero-order chi connectivity index (χ0) is 28.2. The summed E-state index contributed by atoms with van der Waals surface area (Å²) < 4.78 is 74.3. The molecule has 0 bridgehead atoms. The second-order valence-corrected chi connectivity index (χ2v) is 11.0. The van der Waals surface area contributed by atoms with Crippen LogP contribution in [-0.2, 0) is 11.2 Å². The average molecular weight is 568 g/mol. The molecule has 3 aromatic rings. The van der Waals surface area contributed by atoms with Crippen molar-refractivity contribution in [3.63, 3.8) is 0 Å². The molecule has 10 nitrogen and oxygen atoms in total. The van der Waals surface area contributed by atoms with Gasteiger partial charge in [-0.25, -0.2) is 22.9 Å². The van der Waals surface area contributed by atoms with E-state index >= 15 is 0 Å². The van der Waals surface area contributed by atoms with Crippen LogP contribution in [0.1, 0.15) is 77.9 Å². The topological polar surface area (TPSA) is 127 Å². The number of carbonyl (C=O) groups is 2. The van der Waals surface area contributed by atoms with Crippen LogP contribution in [0, 0.1) is 17.8 Å². The molecule has 2 amide bonds. The Morgan fingerprint density at radius 1 is 1.20 bits per heavy atom. The van der Waals surface area contributed by atoms with E-state index in [-0.39, 0.29) is 55.3 Å². The summed E-state index contributed by atoms with van der Waals surface area (Å²) in [4.78, 5) is 29.9. The summed E-state index contributed by atoms with van der Waals surface area (Å²) in [5.74, 6) is -7.36. The zero-order valence-corrected chi connectivity index (χ0v) is 21.1. The number of hydrogen-bond acceptors (Lipinski definition) is 7. The Labute approximate surface area is 224 Å². The van der Waals surface area contributed by atoms with Crippen LogP contribution in [0.2, 0.25) is 0 Å². The smallest absolute Gasteiger partial charge is 0.355 e. The number of fused-ring (bicyclic) bond motifs is 1. The van der Waals surface area contributed by atoms with Gasteiger partial charge in [-0.3, -0.25) is 9.59 Å². The third-order valence-electron chi connectivity index (χ3n) is 8.12. The fourth-order valence-electron chi connectivity index (χ4n) is 5.71. The van der Waals surface area contributed by atoms with Gasteiger partial charge in [-0.1, -0.05) is 5.16 Å². The highest BCUT2D eigenvalue weighted by molar-refractivity contribution is 5.93. The van der Waals surface area contributed by atoms with Crippen molar-refractivity contribution in [3.05, 3.63) is 41.1 Å². The first-order valence-corrected chi connectivity index (χ1v) is 13.2. The molecule has 40 heavy (non-hydrogen) atoms. The van der Waals surface area contributed by atoms with Crippen LogP contribution in [0.4, 0.5) is 22.0 Å². The molecule has 3 aromatic heterocycles. The molecule has 3 atom stereocenters. The third-order valence-corrected chi connectivity index (χ3v) is 8.12. The number of alkyl halides is 5. The molecule has 214 valence electrons. The summed E-state index contributed by atoms with van der Waals surface area (Å²) in [7, 11) is 0. The van der Waals surface area contributed by atoms with Crippen molar-refractivity contribution in [1.82, 2.24) is 35.5 Å². The molecular formula is C25H26F5N7O3. The largest absolute Gasteiger partial charge is 0.394 e. The Balaban J connectivity index is 1.27. The Kier molecular flexibility index (Phi) is 6.49. The van der Waals surface area contributed by atoms with Crippen LogP contribution in [0.5, 0.6) is 0 Å². The monoisotopic (exact) mass is 567 g/mol. The van der Waals surface area contributed by atoms with Gasteiger partial charge in [-0.15, -0.1) is 0 Å². The molecule has 1 saturated heterocycles. The quantitative estimate of drug-likeness (QED) is 0.417. The van der Waals surface area contributed by atoms with E-state index < -0.39 is 48.3 Å². The summed E-state index contributed by atoms with van der Waals surface area (Å²) in [6, 6.07) is 0.781. The molecular weight excluding hydrogens is 541 g/mol. The average Bonchev–Trinajstić information content (AvgIpc) is 3.29. The molecule has 15 heteroatoms. The molecule has 2 N–H and O–H groups in total. The van der Waals surface area contributed by atoms with Gasteiger partial charge in [0.15, 0.2) is 11.3 Å². The van der Waals surface area contributed by atoms with Crippen molar-refractivity contribution in [2.24, 2.45) is 17.8 Å². The van der Waals surface area contributed by atoms with Crippen molar-refractivity contribution in [1.29, 1.82) is 0 Å². The standard InChI is InChI=1S/C25H26F5N7O3/c26-24(27)5-3-14(4-6-24)19(34-23(39)21-20(13-1-2-13)35-40-36-21)17-11-37-18(33-17)8-12(9-32-37)7-15-16(25(28,29)30)10-31-22(15)38/h8-9,11,13-16,19H,1-7,10H2,(H,31,38)(H,34,39)/t15-,16+,19+/m1/s1. The zero-order valence-electron chi connectivity index (χ0n) is 21.1. The van der Waals surface area contributed by atoms with Gasteiger partial charge in [-0.05, 0) is 54.8 Å². The van der Waals surface area contributed by atoms with Crippen molar-refractivity contribution < 1.29 is 36.2 Å². The van der Waals surface area contributed by atoms with E-state index in [0.29, 0.717) is 17.0 Å². The van der Waals surface area contributed by atoms with Crippen LogP contribution in [0.25, 0.3) is 5.65 Å². The maximum absolute atomic E-state index is 13.9. The first kappa shape index (κ1) is 26.6. The Hall–Kier alpha value is -3.65. The Morgan fingerprint density at radius 2 is 1.95 bits per heavy atom. The van der Waals surface area contributed by atoms with E-state index in [1.54, 1.807) is 6.20 Å². The van der Waals surface area contributed by atoms with Crippen LogP contribution >= 0.6 is 0 Å². The maximum atomic E-state index is 13.9. The second-order valence-electron chi connectivity index (χ2n) is 11.0. The molecule has 2 aliphatic carbocycles. The minimum absolute atomic E-state index is 0.0480. The fraction of sp³-hybridized carbons (Fsp3) is 0.600. The van der Waals surface area contributed by atoms with Crippen molar-refractivity contribution in [3.8, 4) is 0 Å². The molecule has 2 saturated carbocycles. The molecule has 0 unspecified atom stereocenters. The number of imidazole rings is 1. The number of aromatic nitrogens is 5. The summed E-state index contributed by atoms with van der Waals surface area (Å²) in [5.41, 5.74) is 1.55. The summed E-state index contributed by atoms with van der Waals surface area (Å²) in [6.07, 6.45) is -0.421. The summed E-state index contributed by atoms with van der Waals surface area (Å²) >= 11 is 0. The van der Waals surface area contributed by atoms with Crippen LogP contribution in [0.15, 0.2) is 23.1 Å². The first-order valence-electron chi connectivity index (χ1n) is 13.2. The van der Waals surface area contributed by atoms with Gasteiger partial charge in [0.25, 0.3) is 5.91 Å². The lowest BCUT2D eigenvalue weighted by Crippen LogP contribution is -2.37. The predicted molar refractivity (Wildman–Crippen MR) is 126 cm³/mol. The number of hydrogen-bond donors (Lipinski definition) is 2. The van der Waals surface area contributed by atoms with Crippen LogP contribution in [-0.4, -0.2) is 55.4 Å². The third kappa shape index (κ3) is 5.24. The number of nitrogens with zero attached hydrogens (tertiary/aromatic N) is 5. The molecule has 1 aliphatic heterocycles. The number of carbonyl (C=O) groups excluding carboxylic acids is 2. The minimum Gasteiger partial charge on any atom is -0.355 e. The van der Waals surface area contributed by atoms with Gasteiger partial charge in [0.1, 0.15) is 5.69 Å². The van der Waals surface area contributed by atoms with E-state index in [1.807, 2.05) is 0 Å². The Morgan fingerprint density at radius 3 is 2.65 bits per heavy atom. The lowest BCUT2D eigenvalue weighted by molar-refractivity contribution is -0.180.